The Balaban J connectivity index is 0.00000120. The number of ether oxygens (including phenoxy) is 1. The fourth-order valence-electron chi connectivity index (χ4n) is 2.46. The molecule has 3 rings (SSSR count). The maximum Gasteiger partial charge on any atom is 0.120 e. The van der Waals surface area contributed by atoms with E-state index in [2.05, 4.69) is 34.8 Å². The molecule has 0 fully saturated rings. The molecule has 0 saturated heterocycles. The number of aromatic nitrogens is 2. The minimum Gasteiger partial charge on any atom is -0.497 e. The van der Waals surface area contributed by atoms with Gasteiger partial charge in [0.2, 0.25) is 0 Å². The van der Waals surface area contributed by atoms with Gasteiger partial charge in [-0.15, -0.1) is 12.4 Å². The van der Waals surface area contributed by atoms with Gasteiger partial charge < -0.3 is 9.30 Å². The van der Waals surface area contributed by atoms with Crippen molar-refractivity contribution in [1.82, 2.24) is 9.55 Å². The van der Waals surface area contributed by atoms with E-state index >= 15 is 0 Å². The van der Waals surface area contributed by atoms with E-state index in [0.717, 1.165) is 11.4 Å². The maximum absolute atomic E-state index is 5.27. The third-order valence-corrected chi connectivity index (χ3v) is 3.30. The molecule has 0 unspecified atom stereocenters. The number of benzene rings is 1. The lowest BCUT2D eigenvalue weighted by Gasteiger charge is -2.02. The van der Waals surface area contributed by atoms with E-state index in [4.69, 9.17) is 4.74 Å². The van der Waals surface area contributed by atoms with Crippen molar-refractivity contribution in [3.8, 4) is 5.75 Å². The Labute approximate surface area is 112 Å². The zero-order valence-electron chi connectivity index (χ0n) is 10.6. The summed E-state index contributed by atoms with van der Waals surface area (Å²) in [6.07, 6.45) is 1.86. The monoisotopic (exact) mass is 262 g/mol. The molecule has 2 heterocycles. The highest BCUT2D eigenvalue weighted by atomic mass is 35.5. The van der Waals surface area contributed by atoms with E-state index in [9.17, 15) is 0 Å². The van der Waals surface area contributed by atoms with Crippen LogP contribution in [0.1, 0.15) is 5.69 Å². The molecule has 0 bridgehead atoms. The second kappa shape index (κ2) is 4.50. The number of fused-ring (bicyclic) bond motifs is 3. The lowest BCUT2D eigenvalue weighted by Crippen LogP contribution is -1.91. The van der Waals surface area contributed by atoms with Crippen molar-refractivity contribution in [3.63, 3.8) is 0 Å². The van der Waals surface area contributed by atoms with Gasteiger partial charge >= 0.3 is 0 Å². The molecular weight excluding hydrogens is 248 g/mol. The first kappa shape index (κ1) is 12.7. The first-order valence-electron chi connectivity index (χ1n) is 5.60. The molecule has 18 heavy (non-hydrogen) atoms. The molecule has 3 aromatic rings. The molecule has 0 aliphatic rings. The molecule has 0 atom stereocenters. The molecule has 94 valence electrons. The molecule has 2 aromatic heterocycles. The van der Waals surface area contributed by atoms with Gasteiger partial charge in [0.25, 0.3) is 0 Å². The number of rotatable bonds is 1. The lowest BCUT2D eigenvalue weighted by atomic mass is 10.1. The summed E-state index contributed by atoms with van der Waals surface area (Å²) in [6.45, 7) is 2.04. The first-order valence-corrected chi connectivity index (χ1v) is 5.60. The number of hydrogen-bond acceptors (Lipinski definition) is 2. The number of halogens is 1. The molecule has 1 aromatic carbocycles. The Hall–Kier alpha value is -1.74. The fraction of sp³-hybridized carbons (Fsp3) is 0.214. The van der Waals surface area contributed by atoms with Crippen LogP contribution >= 0.6 is 12.4 Å². The van der Waals surface area contributed by atoms with E-state index in [1.807, 2.05) is 19.2 Å². The van der Waals surface area contributed by atoms with Gasteiger partial charge in [-0.1, -0.05) is 0 Å². The van der Waals surface area contributed by atoms with Gasteiger partial charge in [0.15, 0.2) is 0 Å². The normalized spacial score (nSPS) is 10.6. The SMILES string of the molecule is COc1ccc2c3ccnc(C)c3n(C)c2c1.Cl. The van der Waals surface area contributed by atoms with Crippen molar-refractivity contribution < 1.29 is 4.74 Å². The quantitative estimate of drug-likeness (QED) is 0.671. The van der Waals surface area contributed by atoms with Crippen LogP contribution in [0.3, 0.4) is 0 Å². The van der Waals surface area contributed by atoms with Crippen molar-refractivity contribution in [1.29, 1.82) is 0 Å². The molecule has 0 aliphatic carbocycles. The Morgan fingerprint density at radius 3 is 2.67 bits per heavy atom. The van der Waals surface area contributed by atoms with Crippen molar-refractivity contribution in [2.75, 3.05) is 7.11 Å². The Morgan fingerprint density at radius 1 is 1.17 bits per heavy atom. The smallest absolute Gasteiger partial charge is 0.120 e. The molecule has 4 heteroatoms. The number of nitrogens with zero attached hydrogens (tertiary/aromatic N) is 2. The summed E-state index contributed by atoms with van der Waals surface area (Å²) < 4.78 is 7.45. The van der Waals surface area contributed by atoms with Crippen LogP contribution in [0, 0.1) is 6.92 Å². The second-order valence-electron chi connectivity index (χ2n) is 4.23. The number of pyridine rings is 1. The summed E-state index contributed by atoms with van der Waals surface area (Å²) >= 11 is 0. The van der Waals surface area contributed by atoms with Gasteiger partial charge in [0.1, 0.15) is 5.75 Å². The van der Waals surface area contributed by atoms with Gasteiger partial charge in [-0.3, -0.25) is 4.98 Å². The van der Waals surface area contributed by atoms with Crippen LogP contribution < -0.4 is 4.74 Å². The van der Waals surface area contributed by atoms with Crippen LogP contribution in [-0.4, -0.2) is 16.7 Å². The minimum atomic E-state index is 0. The Bertz CT molecular complexity index is 718. The minimum absolute atomic E-state index is 0. The second-order valence-corrected chi connectivity index (χ2v) is 4.23. The summed E-state index contributed by atoms with van der Waals surface area (Å²) in [6, 6.07) is 8.24. The standard InChI is InChI=1S/C14H14N2O.ClH/c1-9-14-12(6-7-15-9)11-5-4-10(17-3)8-13(11)16(14)2;/h4-8H,1-3H3;1H. The lowest BCUT2D eigenvalue weighted by molar-refractivity contribution is 0.415. The number of hydrogen-bond donors (Lipinski definition) is 0. The zero-order valence-corrected chi connectivity index (χ0v) is 11.4. The predicted octanol–water partition coefficient (Wildman–Crippen LogP) is 3.47. The molecule has 0 saturated carbocycles. The van der Waals surface area contributed by atoms with E-state index < -0.39 is 0 Å². The molecule has 0 radical (unpaired) electrons. The largest absolute Gasteiger partial charge is 0.497 e. The zero-order chi connectivity index (χ0) is 12.0. The van der Waals surface area contributed by atoms with Crippen LogP contribution in [0.25, 0.3) is 21.8 Å². The third-order valence-electron chi connectivity index (χ3n) is 3.30. The fourth-order valence-corrected chi connectivity index (χ4v) is 2.46. The molecule has 3 nitrogen and oxygen atoms in total. The van der Waals surface area contributed by atoms with Crippen LogP contribution in [0.5, 0.6) is 5.75 Å². The molecule has 0 amide bonds. The van der Waals surface area contributed by atoms with E-state index in [1.165, 1.54) is 21.8 Å². The van der Waals surface area contributed by atoms with E-state index in [1.54, 1.807) is 7.11 Å². The van der Waals surface area contributed by atoms with Crippen molar-refractivity contribution >= 4 is 34.2 Å². The van der Waals surface area contributed by atoms with Crippen LogP contribution in [0.15, 0.2) is 30.5 Å². The van der Waals surface area contributed by atoms with Gasteiger partial charge in [-0.2, -0.15) is 0 Å². The highest BCUT2D eigenvalue weighted by Gasteiger charge is 2.10. The first-order chi connectivity index (χ1) is 8.22. The van der Waals surface area contributed by atoms with E-state index in [0.29, 0.717) is 0 Å². The summed E-state index contributed by atoms with van der Waals surface area (Å²) in [5.41, 5.74) is 3.42. The number of aryl methyl sites for hydroxylation is 2. The number of methoxy groups -OCH3 is 1. The van der Waals surface area contributed by atoms with Crippen LogP contribution in [-0.2, 0) is 7.05 Å². The van der Waals surface area contributed by atoms with Crippen LogP contribution in [0.4, 0.5) is 0 Å². The maximum atomic E-state index is 5.27. The van der Waals surface area contributed by atoms with Gasteiger partial charge in [0, 0.05) is 30.1 Å². The van der Waals surface area contributed by atoms with Crippen LogP contribution in [0.2, 0.25) is 0 Å². The third kappa shape index (κ3) is 1.63. The summed E-state index contributed by atoms with van der Waals surface area (Å²) in [5.74, 6) is 0.883. The summed E-state index contributed by atoms with van der Waals surface area (Å²) in [5, 5.41) is 2.49. The molecule has 0 aliphatic heterocycles. The van der Waals surface area contributed by atoms with E-state index in [-0.39, 0.29) is 12.4 Å². The highest BCUT2D eigenvalue weighted by molar-refractivity contribution is 6.08. The van der Waals surface area contributed by atoms with Gasteiger partial charge in [-0.25, -0.2) is 0 Å². The van der Waals surface area contributed by atoms with Crippen molar-refractivity contribution in [2.45, 2.75) is 6.92 Å². The molecular formula is C14H15ClN2O. The topological polar surface area (TPSA) is 27.1 Å². The van der Waals surface area contributed by atoms with Gasteiger partial charge in [-0.05, 0) is 25.1 Å². The predicted molar refractivity (Wildman–Crippen MR) is 76.8 cm³/mol. The highest BCUT2D eigenvalue weighted by Crippen LogP contribution is 2.31. The average molecular weight is 263 g/mol. The summed E-state index contributed by atoms with van der Waals surface area (Å²) in [4.78, 5) is 4.35. The van der Waals surface area contributed by atoms with Crippen molar-refractivity contribution in [3.05, 3.63) is 36.2 Å². The van der Waals surface area contributed by atoms with Gasteiger partial charge in [0.05, 0.1) is 23.8 Å². The molecule has 0 spiro atoms. The Morgan fingerprint density at radius 2 is 1.94 bits per heavy atom. The van der Waals surface area contributed by atoms with Crippen molar-refractivity contribution in [2.24, 2.45) is 7.05 Å². The summed E-state index contributed by atoms with van der Waals surface area (Å²) in [7, 11) is 3.76. The molecule has 0 N–H and O–H groups in total. The Kier molecular flexibility index (Phi) is 3.18. The average Bonchev–Trinajstić information content (AvgIpc) is 2.64.